The van der Waals surface area contributed by atoms with E-state index >= 15 is 0 Å². The zero-order chi connectivity index (χ0) is 14.7. The maximum Gasteiger partial charge on any atom is 0.130 e. The molecule has 0 aliphatic carbocycles. The molecule has 0 bridgehead atoms. The van der Waals surface area contributed by atoms with Crippen LogP contribution >= 0.6 is 15.9 Å². The third-order valence-corrected chi connectivity index (χ3v) is 4.00. The summed E-state index contributed by atoms with van der Waals surface area (Å²) in [5, 5.41) is 10.5. The quantitative estimate of drug-likeness (QED) is 0.893. The molecule has 3 N–H and O–H groups in total. The Morgan fingerprint density at radius 2 is 1.90 bits per heavy atom. The summed E-state index contributed by atoms with van der Waals surface area (Å²) >= 11 is 3.21. The maximum absolute atomic E-state index is 14.0. The molecule has 4 heteroatoms. The molecular formula is C16H17BrFNO. The lowest BCUT2D eigenvalue weighted by molar-refractivity contribution is 0.143. The van der Waals surface area contributed by atoms with Gasteiger partial charge in [0.1, 0.15) is 5.82 Å². The Morgan fingerprint density at radius 1 is 1.20 bits per heavy atom. The van der Waals surface area contributed by atoms with E-state index in [1.807, 2.05) is 31.2 Å². The van der Waals surface area contributed by atoms with Crippen molar-refractivity contribution in [3.05, 3.63) is 69.4 Å². The van der Waals surface area contributed by atoms with Crippen LogP contribution in [0.4, 0.5) is 4.39 Å². The van der Waals surface area contributed by atoms with Gasteiger partial charge in [-0.05, 0) is 30.2 Å². The highest BCUT2D eigenvalue weighted by molar-refractivity contribution is 9.10. The molecule has 0 amide bonds. The van der Waals surface area contributed by atoms with Gasteiger partial charge in [-0.3, -0.25) is 0 Å². The molecule has 2 aromatic rings. The minimum Gasteiger partial charge on any atom is -0.388 e. The molecule has 0 aliphatic rings. The second kappa shape index (κ2) is 6.48. The monoisotopic (exact) mass is 337 g/mol. The lowest BCUT2D eigenvalue weighted by Crippen LogP contribution is -2.21. The molecule has 2 nitrogen and oxygen atoms in total. The van der Waals surface area contributed by atoms with Gasteiger partial charge < -0.3 is 10.8 Å². The number of aryl methyl sites for hydroxylation is 1. The third kappa shape index (κ3) is 3.08. The summed E-state index contributed by atoms with van der Waals surface area (Å²) in [6, 6.07) is 12.4. The van der Waals surface area contributed by atoms with Crippen molar-refractivity contribution in [3.8, 4) is 0 Å². The molecule has 0 heterocycles. The molecule has 0 saturated carbocycles. The molecule has 20 heavy (non-hydrogen) atoms. The molecule has 2 rings (SSSR count). The molecule has 0 saturated heterocycles. The van der Waals surface area contributed by atoms with Crippen LogP contribution in [0.5, 0.6) is 0 Å². The van der Waals surface area contributed by atoms with Crippen LogP contribution in [-0.4, -0.2) is 11.7 Å². The lowest BCUT2D eigenvalue weighted by Gasteiger charge is -2.24. The number of benzene rings is 2. The number of halogens is 2. The molecule has 0 radical (unpaired) electrons. The first kappa shape index (κ1) is 15.2. The standard InChI is InChI=1S/C16H17BrFNO/c1-10-4-2-3-5-12(10)14(9-19)16(20)13-7-6-11(17)8-15(13)18/h2-8,14,16,20H,9,19H2,1H3. The Bertz CT molecular complexity index is 603. The predicted molar refractivity (Wildman–Crippen MR) is 82.0 cm³/mol. The van der Waals surface area contributed by atoms with Crippen LogP contribution in [0.1, 0.15) is 28.7 Å². The van der Waals surface area contributed by atoms with Gasteiger partial charge in [-0.2, -0.15) is 0 Å². The van der Waals surface area contributed by atoms with Crippen molar-refractivity contribution in [2.24, 2.45) is 5.73 Å². The van der Waals surface area contributed by atoms with Crippen LogP contribution in [0.2, 0.25) is 0 Å². The summed E-state index contributed by atoms with van der Waals surface area (Å²) in [7, 11) is 0. The SMILES string of the molecule is Cc1ccccc1C(CN)C(O)c1ccc(Br)cc1F. The highest BCUT2D eigenvalue weighted by atomic mass is 79.9. The number of aliphatic hydroxyl groups excluding tert-OH is 1. The van der Waals surface area contributed by atoms with Gasteiger partial charge in [-0.25, -0.2) is 4.39 Å². The first-order valence-electron chi connectivity index (χ1n) is 6.43. The van der Waals surface area contributed by atoms with Crippen LogP contribution < -0.4 is 5.73 Å². The van der Waals surface area contributed by atoms with Crippen molar-refractivity contribution < 1.29 is 9.50 Å². The van der Waals surface area contributed by atoms with Crippen molar-refractivity contribution in [2.75, 3.05) is 6.54 Å². The van der Waals surface area contributed by atoms with E-state index in [9.17, 15) is 9.50 Å². The van der Waals surface area contributed by atoms with Crippen LogP contribution in [0, 0.1) is 12.7 Å². The van der Waals surface area contributed by atoms with Gasteiger partial charge >= 0.3 is 0 Å². The molecule has 106 valence electrons. The predicted octanol–water partition coefficient (Wildman–Crippen LogP) is 3.67. The second-order valence-corrected chi connectivity index (χ2v) is 5.73. The van der Waals surface area contributed by atoms with Gasteiger partial charge in [0, 0.05) is 22.5 Å². The number of nitrogens with two attached hydrogens (primary N) is 1. The fourth-order valence-corrected chi connectivity index (χ4v) is 2.72. The summed E-state index contributed by atoms with van der Waals surface area (Å²) < 4.78 is 14.6. The third-order valence-electron chi connectivity index (χ3n) is 3.50. The molecular weight excluding hydrogens is 321 g/mol. The summed E-state index contributed by atoms with van der Waals surface area (Å²) in [5.74, 6) is -0.759. The molecule has 0 aliphatic heterocycles. The van der Waals surface area contributed by atoms with Gasteiger partial charge in [0.15, 0.2) is 0 Å². The van der Waals surface area contributed by atoms with Gasteiger partial charge in [0.2, 0.25) is 0 Å². The zero-order valence-electron chi connectivity index (χ0n) is 11.2. The minimum atomic E-state index is -0.964. The largest absolute Gasteiger partial charge is 0.388 e. The van der Waals surface area contributed by atoms with E-state index in [4.69, 9.17) is 5.73 Å². The first-order chi connectivity index (χ1) is 9.54. The van der Waals surface area contributed by atoms with E-state index in [-0.39, 0.29) is 18.0 Å². The Morgan fingerprint density at radius 3 is 2.50 bits per heavy atom. The molecule has 0 aromatic heterocycles. The number of hydrogen-bond acceptors (Lipinski definition) is 2. The highest BCUT2D eigenvalue weighted by Crippen LogP contribution is 2.33. The summed E-state index contributed by atoms with van der Waals surface area (Å²) in [5.41, 5.74) is 8.06. The van der Waals surface area contributed by atoms with E-state index in [0.29, 0.717) is 4.47 Å². The minimum absolute atomic E-state index is 0.252. The van der Waals surface area contributed by atoms with Crippen LogP contribution in [0.3, 0.4) is 0 Å². The van der Waals surface area contributed by atoms with Crippen molar-refractivity contribution >= 4 is 15.9 Å². The Hall–Kier alpha value is -1.23. The van der Waals surface area contributed by atoms with E-state index < -0.39 is 11.9 Å². The Labute approximate surface area is 126 Å². The highest BCUT2D eigenvalue weighted by Gasteiger charge is 2.25. The van der Waals surface area contributed by atoms with Crippen LogP contribution in [-0.2, 0) is 0 Å². The van der Waals surface area contributed by atoms with E-state index in [0.717, 1.165) is 11.1 Å². The zero-order valence-corrected chi connectivity index (χ0v) is 12.8. The van der Waals surface area contributed by atoms with Crippen molar-refractivity contribution in [2.45, 2.75) is 18.9 Å². The van der Waals surface area contributed by atoms with E-state index in [1.165, 1.54) is 6.07 Å². The maximum atomic E-state index is 14.0. The summed E-state index contributed by atoms with van der Waals surface area (Å²) in [6.07, 6.45) is -0.964. The Kier molecular flexibility index (Phi) is 4.91. The molecule has 2 aromatic carbocycles. The average molecular weight is 338 g/mol. The fraction of sp³-hybridized carbons (Fsp3) is 0.250. The topological polar surface area (TPSA) is 46.2 Å². The van der Waals surface area contributed by atoms with Gasteiger partial charge in [-0.15, -0.1) is 0 Å². The molecule has 2 unspecified atom stereocenters. The smallest absolute Gasteiger partial charge is 0.130 e. The lowest BCUT2D eigenvalue weighted by atomic mass is 9.86. The molecule has 0 fully saturated rings. The second-order valence-electron chi connectivity index (χ2n) is 4.81. The molecule has 0 spiro atoms. The van der Waals surface area contributed by atoms with E-state index in [2.05, 4.69) is 15.9 Å². The fourth-order valence-electron chi connectivity index (χ4n) is 2.39. The Balaban J connectivity index is 2.39. The molecule has 2 atom stereocenters. The normalized spacial score (nSPS) is 14.1. The van der Waals surface area contributed by atoms with Crippen molar-refractivity contribution in [3.63, 3.8) is 0 Å². The van der Waals surface area contributed by atoms with Gasteiger partial charge in [-0.1, -0.05) is 46.3 Å². The van der Waals surface area contributed by atoms with Gasteiger partial charge in [0.05, 0.1) is 6.10 Å². The average Bonchev–Trinajstić information content (AvgIpc) is 2.41. The first-order valence-corrected chi connectivity index (χ1v) is 7.22. The van der Waals surface area contributed by atoms with Crippen LogP contribution in [0.15, 0.2) is 46.9 Å². The number of rotatable bonds is 4. The van der Waals surface area contributed by atoms with Crippen molar-refractivity contribution in [1.82, 2.24) is 0 Å². The summed E-state index contributed by atoms with van der Waals surface area (Å²) in [4.78, 5) is 0. The summed E-state index contributed by atoms with van der Waals surface area (Å²) in [6.45, 7) is 2.21. The van der Waals surface area contributed by atoms with Crippen LogP contribution in [0.25, 0.3) is 0 Å². The van der Waals surface area contributed by atoms with Gasteiger partial charge in [0.25, 0.3) is 0 Å². The number of aliphatic hydroxyl groups is 1. The van der Waals surface area contributed by atoms with Crippen molar-refractivity contribution in [1.29, 1.82) is 0 Å². The van der Waals surface area contributed by atoms with E-state index in [1.54, 1.807) is 12.1 Å². The number of hydrogen-bond donors (Lipinski definition) is 2.